The standard InChI is InChI=1S/C17H15Cl2N3O3/c18-12-5-3-11(10-13(12)19)4-6-15(24)20-8-9-22-17(25)16-14(23)2-1-7-21-16/h1-7,10,23H,8-9H2,(H,20,24)(H,22,25). The van der Waals surface area contributed by atoms with E-state index >= 15 is 0 Å². The number of benzene rings is 1. The van der Waals surface area contributed by atoms with Crippen molar-refractivity contribution in [2.75, 3.05) is 13.1 Å². The Bertz CT molecular complexity index is 809. The lowest BCUT2D eigenvalue weighted by Crippen LogP contribution is -2.34. The molecule has 2 aromatic rings. The summed E-state index contributed by atoms with van der Waals surface area (Å²) in [5, 5.41) is 15.5. The summed E-state index contributed by atoms with van der Waals surface area (Å²) in [5.74, 6) is -1.03. The molecule has 0 spiro atoms. The van der Waals surface area contributed by atoms with Gasteiger partial charge in [0, 0.05) is 25.4 Å². The Hall–Kier alpha value is -2.57. The predicted octanol–water partition coefficient (Wildman–Crippen LogP) is 2.65. The highest BCUT2D eigenvalue weighted by molar-refractivity contribution is 6.42. The molecule has 0 fully saturated rings. The van der Waals surface area contributed by atoms with Crippen molar-refractivity contribution < 1.29 is 14.7 Å². The summed E-state index contributed by atoms with van der Waals surface area (Å²) in [5.41, 5.74) is 0.678. The molecule has 8 heteroatoms. The summed E-state index contributed by atoms with van der Waals surface area (Å²) in [6, 6.07) is 7.92. The monoisotopic (exact) mass is 379 g/mol. The van der Waals surface area contributed by atoms with Gasteiger partial charge < -0.3 is 15.7 Å². The van der Waals surface area contributed by atoms with Crippen LogP contribution < -0.4 is 10.6 Å². The Morgan fingerprint density at radius 3 is 2.60 bits per heavy atom. The molecule has 3 N–H and O–H groups in total. The van der Waals surface area contributed by atoms with Crippen molar-refractivity contribution >= 4 is 41.1 Å². The van der Waals surface area contributed by atoms with Gasteiger partial charge in [-0.2, -0.15) is 0 Å². The van der Waals surface area contributed by atoms with Crippen LogP contribution in [0.2, 0.25) is 10.0 Å². The van der Waals surface area contributed by atoms with Crippen molar-refractivity contribution in [1.29, 1.82) is 0 Å². The predicted molar refractivity (Wildman–Crippen MR) is 96.7 cm³/mol. The van der Waals surface area contributed by atoms with Crippen molar-refractivity contribution in [3.05, 3.63) is 63.9 Å². The molecule has 0 saturated carbocycles. The first-order valence-corrected chi connectivity index (χ1v) is 8.06. The highest BCUT2D eigenvalue weighted by Crippen LogP contribution is 2.23. The van der Waals surface area contributed by atoms with Crippen LogP contribution >= 0.6 is 23.2 Å². The van der Waals surface area contributed by atoms with Crippen LogP contribution in [0.25, 0.3) is 6.08 Å². The fourth-order valence-corrected chi connectivity index (χ4v) is 2.17. The zero-order valence-corrected chi connectivity index (χ0v) is 14.5. The second-order valence-corrected chi connectivity index (χ2v) is 5.74. The van der Waals surface area contributed by atoms with Crippen LogP contribution in [0.15, 0.2) is 42.6 Å². The lowest BCUT2D eigenvalue weighted by Gasteiger charge is -2.06. The van der Waals surface area contributed by atoms with E-state index in [9.17, 15) is 14.7 Å². The van der Waals surface area contributed by atoms with Gasteiger partial charge in [-0.25, -0.2) is 4.98 Å². The van der Waals surface area contributed by atoms with E-state index in [2.05, 4.69) is 15.6 Å². The Morgan fingerprint density at radius 2 is 1.88 bits per heavy atom. The zero-order valence-electron chi connectivity index (χ0n) is 13.0. The number of carbonyl (C=O) groups excluding carboxylic acids is 2. The maximum absolute atomic E-state index is 11.8. The molecular formula is C17H15Cl2N3O3. The van der Waals surface area contributed by atoms with E-state index in [1.807, 2.05) is 0 Å². The van der Waals surface area contributed by atoms with Crippen LogP contribution in [0.3, 0.4) is 0 Å². The average Bonchev–Trinajstić information content (AvgIpc) is 2.60. The maximum Gasteiger partial charge on any atom is 0.273 e. The van der Waals surface area contributed by atoms with Gasteiger partial charge in [-0.05, 0) is 35.9 Å². The molecule has 6 nitrogen and oxygen atoms in total. The first-order valence-electron chi connectivity index (χ1n) is 7.30. The fourth-order valence-electron chi connectivity index (χ4n) is 1.86. The van der Waals surface area contributed by atoms with Gasteiger partial charge in [-0.15, -0.1) is 0 Å². The van der Waals surface area contributed by atoms with E-state index < -0.39 is 5.91 Å². The van der Waals surface area contributed by atoms with Crippen molar-refractivity contribution in [3.63, 3.8) is 0 Å². The first kappa shape index (κ1) is 18.8. The molecule has 0 aliphatic carbocycles. The largest absolute Gasteiger partial charge is 0.505 e. The molecule has 1 aromatic heterocycles. The summed E-state index contributed by atoms with van der Waals surface area (Å²) in [4.78, 5) is 27.3. The first-order chi connectivity index (χ1) is 12.0. The van der Waals surface area contributed by atoms with E-state index in [1.165, 1.54) is 24.4 Å². The Balaban J connectivity index is 1.75. The number of nitrogens with zero attached hydrogens (tertiary/aromatic N) is 1. The number of rotatable bonds is 6. The third kappa shape index (κ3) is 5.77. The van der Waals surface area contributed by atoms with Crippen LogP contribution in [0.4, 0.5) is 0 Å². The third-order valence-corrected chi connectivity index (χ3v) is 3.82. The Labute approximate surface area is 154 Å². The van der Waals surface area contributed by atoms with Gasteiger partial charge in [0.05, 0.1) is 10.0 Å². The molecule has 2 rings (SSSR count). The van der Waals surface area contributed by atoms with Crippen molar-refractivity contribution in [1.82, 2.24) is 15.6 Å². The van der Waals surface area contributed by atoms with E-state index in [0.717, 1.165) is 5.56 Å². The molecule has 1 aromatic carbocycles. The van der Waals surface area contributed by atoms with Crippen LogP contribution in [0.1, 0.15) is 16.1 Å². The smallest absolute Gasteiger partial charge is 0.273 e. The van der Waals surface area contributed by atoms with Gasteiger partial charge >= 0.3 is 0 Å². The number of pyridine rings is 1. The normalized spacial score (nSPS) is 10.6. The highest BCUT2D eigenvalue weighted by atomic mass is 35.5. The molecule has 0 atom stereocenters. The van der Waals surface area contributed by atoms with Crippen molar-refractivity contribution in [2.24, 2.45) is 0 Å². The molecule has 2 amide bonds. The number of amides is 2. The molecule has 25 heavy (non-hydrogen) atoms. The van der Waals surface area contributed by atoms with Gasteiger partial charge in [0.15, 0.2) is 5.69 Å². The minimum atomic E-state index is -0.515. The highest BCUT2D eigenvalue weighted by Gasteiger charge is 2.10. The van der Waals surface area contributed by atoms with Crippen molar-refractivity contribution in [3.8, 4) is 5.75 Å². The maximum atomic E-state index is 11.8. The summed E-state index contributed by atoms with van der Waals surface area (Å²) < 4.78 is 0. The van der Waals surface area contributed by atoms with Crippen LogP contribution in [0, 0.1) is 0 Å². The van der Waals surface area contributed by atoms with Gasteiger partial charge in [0.2, 0.25) is 5.91 Å². The number of hydrogen-bond acceptors (Lipinski definition) is 4. The Morgan fingerprint density at radius 1 is 1.12 bits per heavy atom. The van der Waals surface area contributed by atoms with Gasteiger partial charge in [-0.1, -0.05) is 29.3 Å². The van der Waals surface area contributed by atoms with Gasteiger partial charge in [-0.3, -0.25) is 9.59 Å². The average molecular weight is 380 g/mol. The minimum Gasteiger partial charge on any atom is -0.505 e. The third-order valence-electron chi connectivity index (χ3n) is 3.08. The Kier molecular flexibility index (Phi) is 6.80. The van der Waals surface area contributed by atoms with Gasteiger partial charge in [0.1, 0.15) is 5.75 Å². The number of aromatic hydroxyl groups is 1. The van der Waals surface area contributed by atoms with Crippen LogP contribution in [0.5, 0.6) is 5.75 Å². The van der Waals surface area contributed by atoms with Gasteiger partial charge in [0.25, 0.3) is 5.91 Å². The van der Waals surface area contributed by atoms with E-state index in [4.69, 9.17) is 23.2 Å². The molecule has 0 unspecified atom stereocenters. The second-order valence-electron chi connectivity index (χ2n) is 4.92. The lowest BCUT2D eigenvalue weighted by molar-refractivity contribution is -0.116. The quantitative estimate of drug-likeness (QED) is 0.531. The number of carbonyl (C=O) groups is 2. The van der Waals surface area contributed by atoms with E-state index in [1.54, 1.807) is 24.3 Å². The summed E-state index contributed by atoms with van der Waals surface area (Å²) in [6.45, 7) is 0.422. The molecule has 0 aliphatic rings. The van der Waals surface area contributed by atoms with Crippen molar-refractivity contribution in [2.45, 2.75) is 0 Å². The SMILES string of the molecule is O=C(C=Cc1ccc(Cl)c(Cl)c1)NCCNC(=O)c1ncccc1O. The summed E-state index contributed by atoms with van der Waals surface area (Å²) >= 11 is 11.7. The molecule has 130 valence electrons. The van der Waals surface area contributed by atoms with E-state index in [0.29, 0.717) is 10.0 Å². The van der Waals surface area contributed by atoms with Crippen LogP contribution in [-0.2, 0) is 4.79 Å². The number of aromatic nitrogens is 1. The number of nitrogens with one attached hydrogen (secondary N) is 2. The number of hydrogen-bond donors (Lipinski definition) is 3. The van der Waals surface area contributed by atoms with Crippen LogP contribution in [-0.4, -0.2) is 35.0 Å². The number of halogens is 2. The molecule has 0 bridgehead atoms. The molecule has 0 aliphatic heterocycles. The minimum absolute atomic E-state index is 0.0617. The molecular weight excluding hydrogens is 365 g/mol. The fraction of sp³-hybridized carbons (Fsp3) is 0.118. The van der Waals surface area contributed by atoms with E-state index in [-0.39, 0.29) is 30.4 Å². The topological polar surface area (TPSA) is 91.3 Å². The second kappa shape index (κ2) is 9.05. The molecule has 0 radical (unpaired) electrons. The summed E-state index contributed by atoms with van der Waals surface area (Å²) in [7, 11) is 0. The zero-order chi connectivity index (χ0) is 18.2. The lowest BCUT2D eigenvalue weighted by atomic mass is 10.2. The molecule has 0 saturated heterocycles. The molecule has 1 heterocycles. The summed E-state index contributed by atoms with van der Waals surface area (Å²) in [6.07, 6.45) is 4.36.